The molecular formula is C19H24N4O2S. The minimum Gasteiger partial charge on any atom is -0.343 e. The molecule has 26 heavy (non-hydrogen) atoms. The Labute approximate surface area is 154 Å². The second kappa shape index (κ2) is 8.33. The lowest BCUT2D eigenvalue weighted by molar-refractivity contribution is 0.340. The van der Waals surface area contributed by atoms with E-state index in [9.17, 15) is 8.42 Å². The topological polar surface area (TPSA) is 87.8 Å². The molecule has 1 heterocycles. The lowest BCUT2D eigenvalue weighted by Crippen LogP contribution is -2.40. The minimum absolute atomic E-state index is 0.115. The molecule has 3 rings (SSSR count). The van der Waals surface area contributed by atoms with Gasteiger partial charge in [0.05, 0.1) is 11.4 Å². The predicted molar refractivity (Wildman–Crippen MR) is 104 cm³/mol. The maximum atomic E-state index is 11.4. The van der Waals surface area contributed by atoms with Gasteiger partial charge in [0.15, 0.2) is 5.96 Å². The molecule has 138 valence electrons. The number of nitrogens with two attached hydrogens (primary N) is 1. The molecule has 2 aromatic rings. The molecule has 0 bridgehead atoms. The van der Waals surface area contributed by atoms with E-state index in [4.69, 9.17) is 10.1 Å². The highest BCUT2D eigenvalue weighted by Gasteiger charge is 2.15. The first kappa shape index (κ1) is 18.4. The smallest absolute Gasteiger partial charge is 0.238 e. The summed E-state index contributed by atoms with van der Waals surface area (Å²) in [5.74, 6) is 0.853. The average molecular weight is 372 g/mol. The Hall–Kier alpha value is -2.38. The van der Waals surface area contributed by atoms with E-state index < -0.39 is 10.0 Å². The van der Waals surface area contributed by atoms with Gasteiger partial charge in [0.25, 0.3) is 0 Å². The fourth-order valence-electron chi connectivity index (χ4n) is 2.93. The molecule has 1 fully saturated rings. The number of sulfonamides is 1. The number of primary sulfonamides is 1. The number of guanidine groups is 1. The summed E-state index contributed by atoms with van der Waals surface area (Å²) in [7, 11) is -3.67. The van der Waals surface area contributed by atoms with Crippen LogP contribution in [0.4, 0.5) is 5.69 Å². The van der Waals surface area contributed by atoms with E-state index in [-0.39, 0.29) is 4.90 Å². The number of nitrogens with zero attached hydrogens (tertiary/aromatic N) is 2. The Morgan fingerprint density at radius 1 is 1.00 bits per heavy atom. The molecule has 0 spiro atoms. The van der Waals surface area contributed by atoms with Crippen LogP contribution in [0.25, 0.3) is 0 Å². The molecule has 0 amide bonds. The van der Waals surface area contributed by atoms with Gasteiger partial charge in [0.2, 0.25) is 10.0 Å². The molecule has 6 nitrogen and oxygen atoms in total. The van der Waals surface area contributed by atoms with Crippen LogP contribution in [0.2, 0.25) is 0 Å². The molecule has 1 aliphatic rings. The van der Waals surface area contributed by atoms with Crippen molar-refractivity contribution in [3.8, 4) is 0 Å². The minimum atomic E-state index is -3.67. The molecule has 0 saturated carbocycles. The molecule has 0 aromatic heterocycles. The summed E-state index contributed by atoms with van der Waals surface area (Å²) in [5, 5.41) is 8.56. The Morgan fingerprint density at radius 2 is 1.65 bits per heavy atom. The first-order valence-electron chi connectivity index (χ1n) is 8.75. The Bertz CT molecular complexity index is 843. The van der Waals surface area contributed by atoms with Gasteiger partial charge in [-0.1, -0.05) is 30.3 Å². The van der Waals surface area contributed by atoms with Crippen LogP contribution in [0.3, 0.4) is 0 Å². The number of hydrogen-bond donors (Lipinski definition) is 2. The van der Waals surface area contributed by atoms with Crippen molar-refractivity contribution in [3.05, 3.63) is 60.2 Å². The zero-order valence-corrected chi connectivity index (χ0v) is 15.5. The van der Waals surface area contributed by atoms with Gasteiger partial charge in [-0.3, -0.25) is 0 Å². The van der Waals surface area contributed by atoms with E-state index in [1.807, 2.05) is 30.3 Å². The number of anilines is 1. The highest BCUT2D eigenvalue weighted by atomic mass is 32.2. The van der Waals surface area contributed by atoms with E-state index in [0.29, 0.717) is 6.54 Å². The zero-order chi connectivity index (χ0) is 18.4. The van der Waals surface area contributed by atoms with E-state index in [1.54, 1.807) is 12.1 Å². The molecule has 0 aliphatic carbocycles. The molecular weight excluding hydrogens is 348 g/mol. The van der Waals surface area contributed by atoms with Crippen LogP contribution >= 0.6 is 0 Å². The summed E-state index contributed by atoms with van der Waals surface area (Å²) in [6.45, 7) is 2.45. The third-order valence-electron chi connectivity index (χ3n) is 4.35. The van der Waals surface area contributed by atoms with Crippen LogP contribution in [0.1, 0.15) is 24.8 Å². The van der Waals surface area contributed by atoms with Crippen LogP contribution in [0, 0.1) is 0 Å². The predicted octanol–water partition coefficient (Wildman–Crippen LogP) is 2.79. The van der Waals surface area contributed by atoms with Crippen molar-refractivity contribution >= 4 is 21.7 Å². The van der Waals surface area contributed by atoms with Crippen molar-refractivity contribution in [2.75, 3.05) is 18.4 Å². The number of rotatable bonds is 4. The number of para-hydroxylation sites is 1. The van der Waals surface area contributed by atoms with E-state index in [1.165, 1.54) is 31.4 Å². The number of likely N-dealkylation sites (tertiary alicyclic amines) is 1. The van der Waals surface area contributed by atoms with Crippen LogP contribution in [-0.4, -0.2) is 32.4 Å². The normalized spacial score (nSPS) is 15.7. The monoisotopic (exact) mass is 372 g/mol. The van der Waals surface area contributed by atoms with E-state index >= 15 is 0 Å². The van der Waals surface area contributed by atoms with Crippen LogP contribution < -0.4 is 10.5 Å². The zero-order valence-electron chi connectivity index (χ0n) is 14.6. The standard InChI is InChI=1S/C19H24N4O2S/c20-26(24,25)18-11-9-16(10-12-18)15-21-19(23-13-5-2-6-14-23)22-17-7-3-1-4-8-17/h1,3-4,7-12H,2,5-6,13-15H2,(H,21,22)(H2,20,24,25). The second-order valence-electron chi connectivity index (χ2n) is 6.37. The first-order valence-corrected chi connectivity index (χ1v) is 10.3. The lowest BCUT2D eigenvalue weighted by atomic mass is 10.1. The summed E-state index contributed by atoms with van der Waals surface area (Å²) in [4.78, 5) is 7.14. The van der Waals surface area contributed by atoms with Crippen molar-refractivity contribution in [2.45, 2.75) is 30.7 Å². The van der Waals surface area contributed by atoms with Crippen molar-refractivity contribution in [3.63, 3.8) is 0 Å². The SMILES string of the molecule is NS(=O)(=O)c1ccc(CN=C(Nc2ccccc2)N2CCCCC2)cc1. The van der Waals surface area contributed by atoms with Gasteiger partial charge in [-0.05, 0) is 49.1 Å². The fourth-order valence-corrected chi connectivity index (χ4v) is 3.44. The Balaban J connectivity index is 1.77. The third kappa shape index (κ3) is 5.06. The maximum Gasteiger partial charge on any atom is 0.238 e. The molecule has 3 N–H and O–H groups in total. The first-order chi connectivity index (χ1) is 12.5. The number of piperidine rings is 1. The van der Waals surface area contributed by atoms with Crippen LogP contribution in [0.15, 0.2) is 64.5 Å². The summed E-state index contributed by atoms with van der Waals surface area (Å²) in [6, 6.07) is 16.5. The fraction of sp³-hybridized carbons (Fsp3) is 0.316. The third-order valence-corrected chi connectivity index (χ3v) is 5.28. The van der Waals surface area contributed by atoms with Crippen molar-refractivity contribution < 1.29 is 8.42 Å². The van der Waals surface area contributed by atoms with E-state index in [2.05, 4.69) is 10.2 Å². The van der Waals surface area contributed by atoms with Gasteiger partial charge in [-0.2, -0.15) is 0 Å². The molecule has 0 unspecified atom stereocenters. The highest BCUT2D eigenvalue weighted by molar-refractivity contribution is 7.89. The van der Waals surface area contributed by atoms with Gasteiger partial charge in [0.1, 0.15) is 0 Å². The molecule has 1 saturated heterocycles. The molecule has 1 aliphatic heterocycles. The molecule has 2 aromatic carbocycles. The largest absolute Gasteiger partial charge is 0.343 e. The average Bonchev–Trinajstić information content (AvgIpc) is 2.66. The van der Waals surface area contributed by atoms with Gasteiger partial charge in [-0.25, -0.2) is 18.5 Å². The molecule has 0 atom stereocenters. The summed E-state index contributed by atoms with van der Waals surface area (Å²) < 4.78 is 22.7. The van der Waals surface area contributed by atoms with Crippen molar-refractivity contribution in [1.29, 1.82) is 0 Å². The molecule has 7 heteroatoms. The summed E-state index contributed by atoms with van der Waals surface area (Å²) >= 11 is 0. The summed E-state index contributed by atoms with van der Waals surface area (Å²) in [6.07, 6.45) is 3.58. The number of benzene rings is 2. The van der Waals surface area contributed by atoms with Crippen LogP contribution in [-0.2, 0) is 16.6 Å². The Kier molecular flexibility index (Phi) is 5.90. The van der Waals surface area contributed by atoms with Crippen molar-refractivity contribution in [1.82, 2.24) is 4.90 Å². The lowest BCUT2D eigenvalue weighted by Gasteiger charge is -2.30. The number of nitrogens with one attached hydrogen (secondary N) is 1. The van der Waals surface area contributed by atoms with Gasteiger partial charge < -0.3 is 10.2 Å². The summed E-state index contributed by atoms with van der Waals surface area (Å²) in [5.41, 5.74) is 1.93. The second-order valence-corrected chi connectivity index (χ2v) is 7.93. The number of hydrogen-bond acceptors (Lipinski definition) is 3. The van der Waals surface area contributed by atoms with Gasteiger partial charge in [0, 0.05) is 18.8 Å². The molecule has 0 radical (unpaired) electrons. The highest BCUT2D eigenvalue weighted by Crippen LogP contribution is 2.14. The maximum absolute atomic E-state index is 11.4. The van der Waals surface area contributed by atoms with E-state index in [0.717, 1.165) is 30.3 Å². The Morgan fingerprint density at radius 3 is 2.27 bits per heavy atom. The van der Waals surface area contributed by atoms with Gasteiger partial charge >= 0.3 is 0 Å². The van der Waals surface area contributed by atoms with Crippen LogP contribution in [0.5, 0.6) is 0 Å². The van der Waals surface area contributed by atoms with Gasteiger partial charge in [-0.15, -0.1) is 0 Å². The quantitative estimate of drug-likeness (QED) is 0.638. The van der Waals surface area contributed by atoms with Crippen molar-refractivity contribution in [2.24, 2.45) is 10.1 Å². The number of aliphatic imine (C=N–C) groups is 1.